The summed E-state index contributed by atoms with van der Waals surface area (Å²) in [6.07, 6.45) is 2.03. The van der Waals surface area contributed by atoms with Gasteiger partial charge in [-0.3, -0.25) is 0 Å². The molecule has 0 aromatic heterocycles. The zero-order valence-electron chi connectivity index (χ0n) is 12.0. The molecule has 1 aromatic carbocycles. The van der Waals surface area contributed by atoms with Crippen LogP contribution >= 0.6 is 31.9 Å². The molecule has 0 saturated heterocycles. The number of oxime groups is 1. The van der Waals surface area contributed by atoms with Gasteiger partial charge < -0.3 is 14.1 Å². The predicted molar refractivity (Wildman–Crippen MR) is 94.5 cm³/mol. The van der Waals surface area contributed by atoms with Gasteiger partial charge in [0, 0.05) is 19.9 Å². The summed E-state index contributed by atoms with van der Waals surface area (Å²) in [6.45, 7) is 4.25. The van der Waals surface area contributed by atoms with Crippen LogP contribution in [-0.4, -0.2) is 38.7 Å². The smallest absolute Gasteiger partial charge is 0.149 e. The third-order valence-electron chi connectivity index (χ3n) is 3.11. The van der Waals surface area contributed by atoms with E-state index in [1.807, 2.05) is 12.1 Å². The van der Waals surface area contributed by atoms with E-state index in [0.29, 0.717) is 21.0 Å². The molecule has 0 fully saturated rings. The maximum Gasteiger partial charge on any atom is 0.149 e. The van der Waals surface area contributed by atoms with E-state index in [1.165, 1.54) is 6.21 Å². The van der Waals surface area contributed by atoms with E-state index in [4.69, 9.17) is 14.1 Å². The van der Waals surface area contributed by atoms with E-state index in [1.54, 1.807) is 0 Å². The average molecular weight is 441 g/mol. The monoisotopic (exact) mass is 439 g/mol. The van der Waals surface area contributed by atoms with Crippen molar-refractivity contribution in [2.75, 3.05) is 0 Å². The molecule has 1 rings (SSSR count). The van der Waals surface area contributed by atoms with Crippen LogP contribution in [0.2, 0.25) is 0 Å². The summed E-state index contributed by atoms with van der Waals surface area (Å²) in [7, 11) is 1.30. The lowest BCUT2D eigenvalue weighted by molar-refractivity contribution is -0.0726. The van der Waals surface area contributed by atoms with Gasteiger partial charge in [-0.25, -0.2) is 0 Å². The van der Waals surface area contributed by atoms with Crippen molar-refractivity contribution in [3.63, 3.8) is 0 Å². The van der Waals surface area contributed by atoms with E-state index in [-0.39, 0.29) is 11.7 Å². The van der Waals surface area contributed by atoms with E-state index in [2.05, 4.69) is 50.9 Å². The molecule has 1 aromatic rings. The molecule has 0 saturated carbocycles. The van der Waals surface area contributed by atoms with Gasteiger partial charge in [0.1, 0.15) is 27.3 Å². The molecule has 1 N–H and O–H groups in total. The van der Waals surface area contributed by atoms with Crippen LogP contribution in [0, 0.1) is 5.41 Å². The summed E-state index contributed by atoms with van der Waals surface area (Å²) in [6, 6.07) is 3.99. The summed E-state index contributed by atoms with van der Waals surface area (Å²) >= 11 is 7.03. The summed E-state index contributed by atoms with van der Waals surface area (Å²) in [5.41, 5.74) is 1.81. The first-order valence-corrected chi connectivity index (χ1v) is 9.29. The van der Waals surface area contributed by atoms with Gasteiger partial charge in [-0.1, -0.05) is 41.0 Å². The minimum Gasteiger partial charge on any atom is -0.411 e. The third-order valence-corrected chi connectivity index (χ3v) is 5.59. The first-order chi connectivity index (χ1) is 9.37. The van der Waals surface area contributed by atoms with Crippen molar-refractivity contribution in [1.82, 2.24) is 0 Å². The standard InChI is InChI=1S/C12H19Br2NO3Si2/c1-12(2,11(17-19)18-20)5-7-3-4-9(13)8(6-15-16)10(7)14/h3-4,6,11,16H,5H2,1-2,19-20H3/b15-6+. The minimum absolute atomic E-state index is 0.131. The normalized spacial score (nSPS) is 14.2. The highest BCUT2D eigenvalue weighted by Crippen LogP contribution is 2.34. The third kappa shape index (κ3) is 4.25. The summed E-state index contributed by atoms with van der Waals surface area (Å²) in [4.78, 5) is 0. The molecule has 0 bridgehead atoms. The van der Waals surface area contributed by atoms with Crippen LogP contribution in [0.5, 0.6) is 0 Å². The summed E-state index contributed by atoms with van der Waals surface area (Å²) in [5, 5.41) is 11.9. The second-order valence-electron chi connectivity index (χ2n) is 5.15. The largest absolute Gasteiger partial charge is 0.411 e. The van der Waals surface area contributed by atoms with Crippen molar-refractivity contribution in [2.24, 2.45) is 10.6 Å². The molecule has 0 spiro atoms. The maximum atomic E-state index is 8.75. The topological polar surface area (TPSA) is 51.1 Å². The van der Waals surface area contributed by atoms with E-state index >= 15 is 0 Å². The number of nitrogens with zero attached hydrogens (tertiary/aromatic N) is 1. The zero-order chi connectivity index (χ0) is 15.3. The molecule has 4 nitrogen and oxygen atoms in total. The molecule has 0 aliphatic rings. The number of hydrogen-bond donors (Lipinski definition) is 1. The minimum atomic E-state index is -0.175. The van der Waals surface area contributed by atoms with Gasteiger partial charge in [0.25, 0.3) is 0 Å². The van der Waals surface area contributed by atoms with Gasteiger partial charge in [0.2, 0.25) is 0 Å². The Morgan fingerprint density at radius 1 is 1.35 bits per heavy atom. The fraction of sp³-hybridized carbons (Fsp3) is 0.417. The average Bonchev–Trinajstić information content (AvgIpc) is 2.39. The number of hydrogen-bond acceptors (Lipinski definition) is 4. The highest BCUT2D eigenvalue weighted by molar-refractivity contribution is 9.11. The molecule has 0 unspecified atom stereocenters. The second-order valence-corrected chi connectivity index (χ2v) is 7.74. The van der Waals surface area contributed by atoms with Crippen molar-refractivity contribution in [3.8, 4) is 0 Å². The Morgan fingerprint density at radius 2 is 1.95 bits per heavy atom. The lowest BCUT2D eigenvalue weighted by Crippen LogP contribution is -2.35. The van der Waals surface area contributed by atoms with Gasteiger partial charge in [-0.15, -0.1) is 0 Å². The summed E-state index contributed by atoms with van der Waals surface area (Å²) < 4.78 is 12.9. The number of halogens is 2. The lowest BCUT2D eigenvalue weighted by Gasteiger charge is -2.33. The number of benzene rings is 1. The Labute approximate surface area is 142 Å². The Bertz CT molecular complexity index is 494. The van der Waals surface area contributed by atoms with Gasteiger partial charge in [-0.2, -0.15) is 0 Å². The molecule has 0 amide bonds. The second kappa shape index (κ2) is 7.85. The van der Waals surface area contributed by atoms with Crippen LogP contribution in [0.15, 0.2) is 26.2 Å². The molecule has 0 aliphatic heterocycles. The quantitative estimate of drug-likeness (QED) is 0.240. The highest BCUT2D eigenvalue weighted by atomic mass is 79.9. The molecule has 112 valence electrons. The van der Waals surface area contributed by atoms with Gasteiger partial charge >= 0.3 is 0 Å². The molecule has 0 heterocycles. The fourth-order valence-corrected chi connectivity index (χ4v) is 5.57. The van der Waals surface area contributed by atoms with Crippen LogP contribution in [-0.2, 0) is 15.3 Å². The molecule has 0 radical (unpaired) electrons. The van der Waals surface area contributed by atoms with Crippen molar-refractivity contribution >= 4 is 59.0 Å². The Kier molecular flexibility index (Phi) is 7.09. The molecule has 0 aliphatic carbocycles. The first-order valence-electron chi connectivity index (χ1n) is 6.07. The van der Waals surface area contributed by atoms with Gasteiger partial charge in [0.15, 0.2) is 0 Å². The fourth-order valence-electron chi connectivity index (χ4n) is 2.24. The Balaban J connectivity index is 3.13. The first kappa shape index (κ1) is 18.1. The van der Waals surface area contributed by atoms with Crippen LogP contribution in [0.3, 0.4) is 0 Å². The number of rotatable bonds is 6. The van der Waals surface area contributed by atoms with Crippen molar-refractivity contribution < 1.29 is 14.1 Å². The Hall–Kier alpha value is 0.00377. The van der Waals surface area contributed by atoms with Crippen LogP contribution < -0.4 is 0 Å². The van der Waals surface area contributed by atoms with Gasteiger partial charge in [-0.05, 0) is 34.0 Å². The van der Waals surface area contributed by atoms with Crippen molar-refractivity contribution in [1.29, 1.82) is 0 Å². The molecular weight excluding hydrogens is 422 g/mol. The van der Waals surface area contributed by atoms with E-state index < -0.39 is 0 Å². The molecular formula is C12H19Br2NO3Si2. The van der Waals surface area contributed by atoms with Crippen molar-refractivity contribution in [3.05, 3.63) is 32.2 Å². The summed E-state index contributed by atoms with van der Waals surface area (Å²) in [5.74, 6) is 0. The maximum absolute atomic E-state index is 8.75. The van der Waals surface area contributed by atoms with E-state index in [9.17, 15) is 0 Å². The molecule has 0 atom stereocenters. The van der Waals surface area contributed by atoms with Crippen LogP contribution in [0.1, 0.15) is 25.0 Å². The van der Waals surface area contributed by atoms with Crippen LogP contribution in [0.4, 0.5) is 0 Å². The molecule has 20 heavy (non-hydrogen) atoms. The van der Waals surface area contributed by atoms with E-state index in [0.717, 1.165) is 26.5 Å². The predicted octanol–water partition coefficient (Wildman–Crippen LogP) is 1.51. The highest BCUT2D eigenvalue weighted by Gasteiger charge is 2.30. The van der Waals surface area contributed by atoms with Gasteiger partial charge in [0.05, 0.1) is 6.21 Å². The van der Waals surface area contributed by atoms with Crippen LogP contribution in [0.25, 0.3) is 0 Å². The Morgan fingerprint density at radius 3 is 2.45 bits per heavy atom. The SMILES string of the molecule is CC(C)(Cc1ccc(Br)c(/C=N/O)c1Br)C(O[SiH3])O[SiH3]. The zero-order valence-corrected chi connectivity index (χ0v) is 19.2. The lowest BCUT2D eigenvalue weighted by atomic mass is 9.85. The van der Waals surface area contributed by atoms with Crippen molar-refractivity contribution in [2.45, 2.75) is 26.6 Å². The molecule has 8 heteroatoms.